The van der Waals surface area contributed by atoms with Crippen LogP contribution in [0, 0.1) is 0 Å². The van der Waals surface area contributed by atoms with Crippen molar-refractivity contribution in [3.63, 3.8) is 0 Å². The lowest BCUT2D eigenvalue weighted by Gasteiger charge is -2.25. The Morgan fingerprint density at radius 1 is 1.18 bits per heavy atom. The van der Waals surface area contributed by atoms with E-state index in [-0.39, 0.29) is 11.7 Å². The summed E-state index contributed by atoms with van der Waals surface area (Å²) in [5, 5.41) is 14.6. The van der Waals surface area contributed by atoms with E-state index in [0.29, 0.717) is 16.8 Å². The smallest absolute Gasteiger partial charge is 0.250 e. The highest BCUT2D eigenvalue weighted by Crippen LogP contribution is 2.35. The minimum atomic E-state index is -0.196. The molecule has 0 bridgehead atoms. The normalized spacial score (nSPS) is 14.7. The van der Waals surface area contributed by atoms with E-state index in [4.69, 9.17) is 16.3 Å². The van der Waals surface area contributed by atoms with E-state index in [0.717, 1.165) is 40.7 Å². The van der Waals surface area contributed by atoms with E-state index in [1.165, 1.54) is 31.0 Å². The molecule has 1 amide bonds. The molecule has 1 aromatic heterocycles. The van der Waals surface area contributed by atoms with Crippen LogP contribution in [-0.2, 0) is 4.79 Å². The molecule has 1 aliphatic carbocycles. The number of rotatable bonds is 8. The van der Waals surface area contributed by atoms with E-state index in [1.54, 1.807) is 7.11 Å². The molecule has 0 atom stereocenters. The number of amides is 1. The van der Waals surface area contributed by atoms with Gasteiger partial charge in [-0.15, -0.1) is 10.2 Å². The third-order valence-electron chi connectivity index (χ3n) is 5.87. The molecule has 3 aromatic rings. The molecule has 1 N–H and O–H groups in total. The maximum Gasteiger partial charge on any atom is 0.250 e. The predicted octanol–water partition coefficient (Wildman–Crippen LogP) is 5.74. The van der Waals surface area contributed by atoms with Gasteiger partial charge in [0.2, 0.25) is 0 Å². The molecule has 0 unspecified atom stereocenters. The van der Waals surface area contributed by atoms with Crippen LogP contribution in [0.3, 0.4) is 0 Å². The number of hydrazone groups is 1. The molecule has 178 valence electrons. The fraction of sp³-hybridized carbons (Fsp3) is 0.360. The van der Waals surface area contributed by atoms with Crippen LogP contribution in [0.2, 0.25) is 5.02 Å². The van der Waals surface area contributed by atoms with E-state index >= 15 is 0 Å². The highest BCUT2D eigenvalue weighted by molar-refractivity contribution is 7.99. The lowest BCUT2D eigenvalue weighted by molar-refractivity contribution is -0.118. The van der Waals surface area contributed by atoms with Gasteiger partial charge in [-0.2, -0.15) is 5.10 Å². The zero-order valence-corrected chi connectivity index (χ0v) is 20.9. The third kappa shape index (κ3) is 5.98. The Morgan fingerprint density at radius 2 is 1.94 bits per heavy atom. The zero-order valence-electron chi connectivity index (χ0n) is 19.3. The van der Waals surface area contributed by atoms with Crippen LogP contribution in [0.15, 0.2) is 58.8 Å². The van der Waals surface area contributed by atoms with E-state index in [1.807, 2.05) is 55.5 Å². The maximum atomic E-state index is 12.5. The van der Waals surface area contributed by atoms with Gasteiger partial charge in [0.15, 0.2) is 11.0 Å². The van der Waals surface area contributed by atoms with Crippen LogP contribution >= 0.6 is 23.4 Å². The summed E-state index contributed by atoms with van der Waals surface area (Å²) in [6.45, 7) is 1.85. The van der Waals surface area contributed by atoms with Crippen molar-refractivity contribution in [2.45, 2.75) is 50.2 Å². The van der Waals surface area contributed by atoms with Crippen molar-refractivity contribution in [1.82, 2.24) is 20.2 Å². The standard InChI is InChI=1S/C25H28ClN5O2S/c1-17(19-7-6-10-22(15-19)33-2)27-28-23(32)16-34-25-30-29-24(18-11-13-20(26)14-12-18)31(25)21-8-4-3-5-9-21/h6-7,10-15,21H,3-5,8-9,16H2,1-2H3,(H,28,32)/b27-17-. The van der Waals surface area contributed by atoms with Gasteiger partial charge >= 0.3 is 0 Å². The van der Waals surface area contributed by atoms with Crippen LogP contribution in [0.5, 0.6) is 5.75 Å². The maximum absolute atomic E-state index is 12.5. The predicted molar refractivity (Wildman–Crippen MR) is 137 cm³/mol. The van der Waals surface area contributed by atoms with Crippen LogP contribution in [0.4, 0.5) is 0 Å². The minimum Gasteiger partial charge on any atom is -0.497 e. The lowest BCUT2D eigenvalue weighted by Crippen LogP contribution is -2.22. The molecular weight excluding hydrogens is 470 g/mol. The van der Waals surface area contributed by atoms with Gasteiger partial charge in [0, 0.05) is 22.2 Å². The molecule has 1 aliphatic rings. The van der Waals surface area contributed by atoms with Crippen molar-refractivity contribution in [1.29, 1.82) is 0 Å². The largest absolute Gasteiger partial charge is 0.497 e. The van der Waals surface area contributed by atoms with Crippen molar-refractivity contribution in [3.8, 4) is 17.1 Å². The summed E-state index contributed by atoms with van der Waals surface area (Å²) in [6, 6.07) is 15.5. The summed E-state index contributed by atoms with van der Waals surface area (Å²) in [6.07, 6.45) is 5.80. The van der Waals surface area contributed by atoms with Crippen molar-refractivity contribution >= 4 is 35.0 Å². The Bertz CT molecular complexity index is 1160. The minimum absolute atomic E-state index is 0.195. The second-order valence-corrected chi connectivity index (χ2v) is 9.61. The average Bonchev–Trinajstić information content (AvgIpc) is 3.31. The van der Waals surface area contributed by atoms with Crippen molar-refractivity contribution in [2.24, 2.45) is 5.10 Å². The number of carbonyl (C=O) groups excluding carboxylic acids is 1. The zero-order chi connectivity index (χ0) is 23.9. The van der Waals surface area contributed by atoms with Crippen LogP contribution in [0.25, 0.3) is 11.4 Å². The molecule has 1 heterocycles. The molecule has 1 fully saturated rings. The number of hydrogen-bond acceptors (Lipinski definition) is 6. The first kappa shape index (κ1) is 24.3. The highest BCUT2D eigenvalue weighted by atomic mass is 35.5. The van der Waals surface area contributed by atoms with E-state index in [2.05, 4.69) is 25.3 Å². The number of aromatic nitrogens is 3. The van der Waals surface area contributed by atoms with Gasteiger partial charge in [0.1, 0.15) is 5.75 Å². The van der Waals surface area contributed by atoms with E-state index in [9.17, 15) is 4.79 Å². The van der Waals surface area contributed by atoms with Crippen molar-refractivity contribution in [2.75, 3.05) is 12.9 Å². The topological polar surface area (TPSA) is 81.4 Å². The Balaban J connectivity index is 1.46. The molecule has 9 heteroatoms. The second kappa shape index (κ2) is 11.5. The molecule has 7 nitrogen and oxygen atoms in total. The first-order valence-corrected chi connectivity index (χ1v) is 12.7. The van der Waals surface area contributed by atoms with Crippen LogP contribution < -0.4 is 10.2 Å². The van der Waals surface area contributed by atoms with E-state index < -0.39 is 0 Å². The number of benzene rings is 2. The quantitative estimate of drug-likeness (QED) is 0.243. The Labute approximate surface area is 208 Å². The molecular formula is C25H28ClN5O2S. The molecule has 1 saturated carbocycles. The Hall–Kier alpha value is -2.84. The van der Waals surface area contributed by atoms with Gasteiger partial charge in [0.25, 0.3) is 5.91 Å². The lowest BCUT2D eigenvalue weighted by atomic mass is 9.95. The molecule has 0 saturated heterocycles. The SMILES string of the molecule is COc1cccc(/C(C)=N\NC(=O)CSc2nnc(-c3ccc(Cl)cc3)n2C2CCCCC2)c1. The monoisotopic (exact) mass is 497 g/mol. The number of thioether (sulfide) groups is 1. The summed E-state index contributed by atoms with van der Waals surface area (Å²) >= 11 is 7.46. The molecule has 0 aliphatic heterocycles. The summed E-state index contributed by atoms with van der Waals surface area (Å²) < 4.78 is 7.45. The van der Waals surface area contributed by atoms with Gasteiger partial charge in [0.05, 0.1) is 18.6 Å². The highest BCUT2D eigenvalue weighted by Gasteiger charge is 2.24. The fourth-order valence-electron chi connectivity index (χ4n) is 4.06. The van der Waals surface area contributed by atoms with Gasteiger partial charge in [-0.25, -0.2) is 5.43 Å². The van der Waals surface area contributed by atoms with Gasteiger partial charge < -0.3 is 4.74 Å². The van der Waals surface area contributed by atoms with Gasteiger partial charge in [-0.1, -0.05) is 54.8 Å². The fourth-order valence-corrected chi connectivity index (χ4v) is 4.98. The first-order valence-electron chi connectivity index (χ1n) is 11.4. The Morgan fingerprint density at radius 3 is 2.68 bits per heavy atom. The molecule has 0 radical (unpaired) electrons. The number of nitrogens with zero attached hydrogens (tertiary/aromatic N) is 4. The molecule has 34 heavy (non-hydrogen) atoms. The summed E-state index contributed by atoms with van der Waals surface area (Å²) in [7, 11) is 1.62. The number of hydrogen-bond donors (Lipinski definition) is 1. The number of carbonyl (C=O) groups is 1. The summed E-state index contributed by atoms with van der Waals surface area (Å²) in [5.74, 6) is 1.56. The van der Waals surface area contributed by atoms with Crippen molar-refractivity contribution < 1.29 is 9.53 Å². The number of ether oxygens (including phenoxy) is 1. The second-order valence-electron chi connectivity index (χ2n) is 8.23. The first-order chi connectivity index (χ1) is 16.5. The van der Waals surface area contributed by atoms with Gasteiger partial charge in [-0.3, -0.25) is 9.36 Å². The van der Waals surface area contributed by atoms with Crippen molar-refractivity contribution in [3.05, 3.63) is 59.1 Å². The third-order valence-corrected chi connectivity index (χ3v) is 7.07. The van der Waals surface area contributed by atoms with Crippen LogP contribution in [-0.4, -0.2) is 39.2 Å². The molecule has 4 rings (SSSR count). The number of halogens is 1. The molecule has 0 spiro atoms. The summed E-state index contributed by atoms with van der Waals surface area (Å²) in [5.41, 5.74) is 5.20. The number of methoxy groups -OCH3 is 1. The number of nitrogens with one attached hydrogen (secondary N) is 1. The molecule has 2 aromatic carbocycles. The Kier molecular flexibility index (Phi) is 8.24. The van der Waals surface area contributed by atoms with Gasteiger partial charge in [-0.05, 0) is 56.2 Å². The summed E-state index contributed by atoms with van der Waals surface area (Å²) in [4.78, 5) is 12.5. The average molecular weight is 498 g/mol. The van der Waals surface area contributed by atoms with Crippen LogP contribution in [0.1, 0.15) is 50.6 Å².